The molecule has 1 aromatic carbocycles. The molecule has 0 aliphatic rings. The molecule has 0 aliphatic heterocycles. The SMILES string of the molecule is CC(CC(C)NS(=O)(=O)c1ccccc1[N+](=O)[O-])NC(=O)O. The highest BCUT2D eigenvalue weighted by molar-refractivity contribution is 7.89. The molecule has 122 valence electrons. The molecule has 0 spiro atoms. The lowest BCUT2D eigenvalue weighted by atomic mass is 10.1. The van der Waals surface area contributed by atoms with Gasteiger partial charge < -0.3 is 10.4 Å². The van der Waals surface area contributed by atoms with Gasteiger partial charge in [-0.05, 0) is 26.3 Å². The number of nitrogens with one attached hydrogen (secondary N) is 2. The van der Waals surface area contributed by atoms with Gasteiger partial charge in [-0.15, -0.1) is 0 Å². The highest BCUT2D eigenvalue weighted by atomic mass is 32.2. The molecule has 0 heterocycles. The predicted molar refractivity (Wildman–Crippen MR) is 78.1 cm³/mol. The maximum Gasteiger partial charge on any atom is 0.404 e. The van der Waals surface area contributed by atoms with Crippen molar-refractivity contribution in [3.05, 3.63) is 34.4 Å². The summed E-state index contributed by atoms with van der Waals surface area (Å²) in [5.41, 5.74) is -0.515. The summed E-state index contributed by atoms with van der Waals surface area (Å²) in [5.74, 6) is 0. The van der Waals surface area contributed by atoms with Crippen LogP contribution >= 0.6 is 0 Å². The molecule has 2 atom stereocenters. The lowest BCUT2D eigenvalue weighted by molar-refractivity contribution is -0.387. The van der Waals surface area contributed by atoms with Crippen LogP contribution in [0.4, 0.5) is 10.5 Å². The van der Waals surface area contributed by atoms with Crippen LogP contribution < -0.4 is 10.0 Å². The van der Waals surface area contributed by atoms with E-state index in [-0.39, 0.29) is 6.42 Å². The summed E-state index contributed by atoms with van der Waals surface area (Å²) in [6.07, 6.45) is -1.01. The zero-order valence-electron chi connectivity index (χ0n) is 12.0. The number of benzene rings is 1. The smallest absolute Gasteiger partial charge is 0.404 e. The van der Waals surface area contributed by atoms with E-state index in [1.54, 1.807) is 13.8 Å². The summed E-state index contributed by atoms with van der Waals surface area (Å²) in [6, 6.07) is 3.94. The van der Waals surface area contributed by atoms with Crippen LogP contribution in [-0.2, 0) is 10.0 Å². The van der Waals surface area contributed by atoms with Crippen molar-refractivity contribution >= 4 is 21.8 Å². The molecule has 0 fully saturated rings. The predicted octanol–water partition coefficient (Wildman–Crippen LogP) is 1.31. The largest absolute Gasteiger partial charge is 0.465 e. The molecular weight excluding hydrogens is 314 g/mol. The minimum absolute atomic E-state index is 0.201. The van der Waals surface area contributed by atoms with Gasteiger partial charge in [0, 0.05) is 18.2 Å². The second kappa shape index (κ2) is 7.18. The first-order valence-electron chi connectivity index (χ1n) is 6.38. The number of para-hydroxylation sites is 1. The fourth-order valence-electron chi connectivity index (χ4n) is 2.01. The Kier molecular flexibility index (Phi) is 5.83. The van der Waals surface area contributed by atoms with Crippen molar-refractivity contribution in [3.63, 3.8) is 0 Å². The fourth-order valence-corrected chi connectivity index (χ4v) is 3.44. The van der Waals surface area contributed by atoms with Gasteiger partial charge in [-0.2, -0.15) is 0 Å². The summed E-state index contributed by atoms with van der Waals surface area (Å²) >= 11 is 0. The second-order valence-electron chi connectivity index (χ2n) is 4.83. The molecule has 2 unspecified atom stereocenters. The van der Waals surface area contributed by atoms with Crippen LogP contribution in [0.15, 0.2) is 29.2 Å². The summed E-state index contributed by atoms with van der Waals surface area (Å²) in [6.45, 7) is 3.14. The Bertz CT molecular complexity index is 661. The molecular formula is C12H17N3O6S. The van der Waals surface area contributed by atoms with E-state index >= 15 is 0 Å². The maximum absolute atomic E-state index is 12.2. The van der Waals surface area contributed by atoms with E-state index in [1.165, 1.54) is 12.1 Å². The number of carboxylic acid groups (broad SMARTS) is 1. The molecule has 0 saturated carbocycles. The maximum atomic E-state index is 12.2. The van der Waals surface area contributed by atoms with Gasteiger partial charge in [-0.3, -0.25) is 10.1 Å². The molecule has 0 aliphatic carbocycles. The number of sulfonamides is 1. The molecule has 22 heavy (non-hydrogen) atoms. The van der Waals surface area contributed by atoms with E-state index in [0.29, 0.717) is 0 Å². The topological polar surface area (TPSA) is 139 Å². The molecule has 1 aromatic rings. The highest BCUT2D eigenvalue weighted by Gasteiger charge is 2.26. The van der Waals surface area contributed by atoms with E-state index in [9.17, 15) is 23.3 Å². The third-order valence-corrected chi connectivity index (χ3v) is 4.42. The highest BCUT2D eigenvalue weighted by Crippen LogP contribution is 2.23. The molecule has 1 rings (SSSR count). The molecule has 0 saturated heterocycles. The number of nitrogens with zero attached hydrogens (tertiary/aromatic N) is 1. The van der Waals surface area contributed by atoms with Gasteiger partial charge >= 0.3 is 6.09 Å². The minimum Gasteiger partial charge on any atom is -0.465 e. The van der Waals surface area contributed by atoms with Crippen molar-refractivity contribution < 1.29 is 23.2 Å². The number of hydrogen-bond donors (Lipinski definition) is 3. The van der Waals surface area contributed by atoms with Gasteiger partial charge in [0.05, 0.1) is 4.92 Å². The third-order valence-electron chi connectivity index (χ3n) is 2.78. The first-order valence-corrected chi connectivity index (χ1v) is 7.87. The molecule has 10 heteroatoms. The van der Waals surface area contributed by atoms with Crippen molar-refractivity contribution in [3.8, 4) is 0 Å². The number of amides is 1. The Hall–Kier alpha value is -2.20. The van der Waals surface area contributed by atoms with Crippen LogP contribution in [-0.4, -0.2) is 36.6 Å². The average Bonchev–Trinajstić information content (AvgIpc) is 2.36. The van der Waals surface area contributed by atoms with Crippen molar-refractivity contribution in [2.75, 3.05) is 0 Å². The zero-order valence-corrected chi connectivity index (χ0v) is 12.8. The van der Waals surface area contributed by atoms with Gasteiger partial charge in [0.2, 0.25) is 10.0 Å². The quantitative estimate of drug-likeness (QED) is 0.508. The zero-order chi connectivity index (χ0) is 16.9. The molecule has 0 bridgehead atoms. The van der Waals surface area contributed by atoms with Gasteiger partial charge in [0.1, 0.15) is 0 Å². The molecule has 1 amide bonds. The standard InChI is InChI=1S/C12H17N3O6S/c1-8(13-12(16)17)7-9(2)14-22(20,21)11-6-4-3-5-10(11)15(18)19/h3-6,8-9,13-14H,7H2,1-2H3,(H,16,17). The number of hydrogen-bond acceptors (Lipinski definition) is 5. The summed E-state index contributed by atoms with van der Waals surface area (Å²) in [4.78, 5) is 20.2. The monoisotopic (exact) mass is 331 g/mol. The van der Waals surface area contributed by atoms with E-state index < -0.39 is 43.7 Å². The van der Waals surface area contributed by atoms with Crippen LogP contribution in [0.5, 0.6) is 0 Å². The number of rotatable bonds is 7. The molecule has 0 aromatic heterocycles. The third kappa shape index (κ3) is 4.97. The minimum atomic E-state index is -4.08. The summed E-state index contributed by atoms with van der Waals surface area (Å²) in [5, 5.41) is 21.7. The van der Waals surface area contributed by atoms with Gasteiger partial charge in [-0.1, -0.05) is 12.1 Å². The van der Waals surface area contributed by atoms with E-state index in [4.69, 9.17) is 5.11 Å². The van der Waals surface area contributed by atoms with Crippen LogP contribution in [0, 0.1) is 10.1 Å². The fraction of sp³-hybridized carbons (Fsp3) is 0.417. The Morgan fingerprint density at radius 3 is 2.45 bits per heavy atom. The van der Waals surface area contributed by atoms with Crippen LogP contribution in [0.1, 0.15) is 20.3 Å². The van der Waals surface area contributed by atoms with Gasteiger partial charge in [0.25, 0.3) is 5.69 Å². The Morgan fingerprint density at radius 2 is 1.91 bits per heavy atom. The lowest BCUT2D eigenvalue weighted by Crippen LogP contribution is -2.40. The van der Waals surface area contributed by atoms with E-state index in [2.05, 4.69) is 10.0 Å². The second-order valence-corrected chi connectivity index (χ2v) is 6.52. The Morgan fingerprint density at radius 1 is 1.32 bits per heavy atom. The summed E-state index contributed by atoms with van der Waals surface area (Å²) in [7, 11) is -4.08. The van der Waals surface area contributed by atoms with Crippen molar-refractivity contribution in [2.24, 2.45) is 0 Å². The first-order chi connectivity index (χ1) is 10.1. The van der Waals surface area contributed by atoms with E-state index in [0.717, 1.165) is 12.1 Å². The van der Waals surface area contributed by atoms with Crippen LogP contribution in [0.3, 0.4) is 0 Å². The normalized spacial score (nSPS) is 14.1. The number of nitro benzene ring substituents is 1. The number of nitro groups is 1. The Labute approximate surface area is 127 Å². The molecule has 9 nitrogen and oxygen atoms in total. The van der Waals surface area contributed by atoms with Gasteiger partial charge in [0.15, 0.2) is 4.90 Å². The van der Waals surface area contributed by atoms with Crippen molar-refractivity contribution in [2.45, 2.75) is 37.2 Å². The van der Waals surface area contributed by atoms with Crippen LogP contribution in [0.2, 0.25) is 0 Å². The van der Waals surface area contributed by atoms with E-state index in [1.807, 2.05) is 0 Å². The Balaban J connectivity index is 2.88. The molecule has 3 N–H and O–H groups in total. The van der Waals surface area contributed by atoms with Crippen molar-refractivity contribution in [1.82, 2.24) is 10.0 Å². The lowest BCUT2D eigenvalue weighted by Gasteiger charge is -2.18. The van der Waals surface area contributed by atoms with Crippen LogP contribution in [0.25, 0.3) is 0 Å². The number of carbonyl (C=O) groups is 1. The summed E-state index contributed by atoms with van der Waals surface area (Å²) < 4.78 is 26.7. The van der Waals surface area contributed by atoms with Gasteiger partial charge in [-0.25, -0.2) is 17.9 Å². The first kappa shape index (κ1) is 17.9. The molecule has 0 radical (unpaired) electrons. The van der Waals surface area contributed by atoms with Crippen molar-refractivity contribution in [1.29, 1.82) is 0 Å². The average molecular weight is 331 g/mol.